The van der Waals surface area contributed by atoms with Crippen LogP contribution in [0.1, 0.15) is 17.4 Å². The van der Waals surface area contributed by atoms with Crippen LogP contribution in [0.5, 0.6) is 0 Å². The number of aromatic nitrogens is 2. The summed E-state index contributed by atoms with van der Waals surface area (Å²) in [6, 6.07) is 1.12. The van der Waals surface area contributed by atoms with Gasteiger partial charge in [-0.3, -0.25) is 4.79 Å². The summed E-state index contributed by atoms with van der Waals surface area (Å²) in [6.07, 6.45) is 1.62. The van der Waals surface area contributed by atoms with E-state index in [1.165, 1.54) is 6.92 Å². The second-order valence-electron chi connectivity index (χ2n) is 5.24. The van der Waals surface area contributed by atoms with Gasteiger partial charge in [-0.15, -0.1) is 0 Å². The van der Waals surface area contributed by atoms with Gasteiger partial charge in [0, 0.05) is 21.6 Å². The minimum absolute atomic E-state index is 0.0110. The summed E-state index contributed by atoms with van der Waals surface area (Å²) in [7, 11) is -1.06. The van der Waals surface area contributed by atoms with Crippen molar-refractivity contribution >= 4 is 29.8 Å². The number of carbonyl (C=O) groups excluding carboxylic acids is 1. The molecule has 17 heavy (non-hydrogen) atoms. The molecular weight excluding hydrogens is 300 g/mol. The lowest BCUT2D eigenvalue weighted by atomic mass is 10.3. The molecule has 1 aromatic rings. The van der Waals surface area contributed by atoms with Gasteiger partial charge in [0.05, 0.1) is 10.7 Å². The number of ketones is 1. The topological polar surface area (TPSA) is 44.1 Å². The largest absolute Gasteiger partial charge is 0.360 e. The number of nitrogens with zero attached hydrogens (tertiary/aromatic N) is 2. The average molecular weight is 319 g/mol. The van der Waals surface area contributed by atoms with Gasteiger partial charge < -0.3 is 4.74 Å². The molecule has 0 spiro atoms. The van der Waals surface area contributed by atoms with Gasteiger partial charge in [-0.25, -0.2) is 4.68 Å². The SMILES string of the molecule is CC(=O)c1c(Br)cnn1COCC[Si](C)(C)C. The van der Waals surface area contributed by atoms with Crippen molar-refractivity contribution in [3.63, 3.8) is 0 Å². The van der Waals surface area contributed by atoms with Crippen LogP contribution in [-0.2, 0) is 11.5 Å². The molecule has 0 saturated heterocycles. The van der Waals surface area contributed by atoms with E-state index >= 15 is 0 Å². The molecule has 1 heterocycles. The highest BCUT2D eigenvalue weighted by Gasteiger charge is 2.14. The first-order chi connectivity index (χ1) is 7.81. The van der Waals surface area contributed by atoms with Crippen LogP contribution in [0.15, 0.2) is 10.7 Å². The number of hydrogen-bond acceptors (Lipinski definition) is 3. The Morgan fingerprint density at radius 2 is 2.18 bits per heavy atom. The second-order valence-corrected chi connectivity index (χ2v) is 11.7. The third kappa shape index (κ3) is 4.73. The molecule has 0 aliphatic rings. The van der Waals surface area contributed by atoms with Crippen molar-refractivity contribution in [1.29, 1.82) is 0 Å². The number of carbonyl (C=O) groups is 1. The van der Waals surface area contributed by atoms with Crippen molar-refractivity contribution in [2.75, 3.05) is 6.61 Å². The predicted octanol–water partition coefficient (Wildman–Crippen LogP) is 3.16. The highest BCUT2D eigenvalue weighted by atomic mass is 79.9. The quantitative estimate of drug-likeness (QED) is 0.459. The molecule has 0 aliphatic carbocycles. The summed E-state index contributed by atoms with van der Waals surface area (Å²) in [4.78, 5) is 11.4. The van der Waals surface area contributed by atoms with Gasteiger partial charge in [-0.05, 0) is 22.0 Å². The third-order valence-corrected chi connectivity index (χ3v) is 4.62. The van der Waals surface area contributed by atoms with Gasteiger partial charge in [0.2, 0.25) is 0 Å². The molecule has 1 rings (SSSR count). The summed E-state index contributed by atoms with van der Waals surface area (Å²) in [5, 5.41) is 4.11. The Kier molecular flexibility index (Phi) is 5.09. The molecule has 1 aromatic heterocycles. The van der Waals surface area contributed by atoms with E-state index in [0.717, 1.165) is 17.1 Å². The summed E-state index contributed by atoms with van der Waals surface area (Å²) in [5.74, 6) is -0.0110. The summed E-state index contributed by atoms with van der Waals surface area (Å²) < 4.78 is 7.88. The Labute approximate surface area is 111 Å². The van der Waals surface area contributed by atoms with Crippen LogP contribution >= 0.6 is 15.9 Å². The average Bonchev–Trinajstić information content (AvgIpc) is 2.53. The van der Waals surface area contributed by atoms with Crippen LogP contribution in [0.2, 0.25) is 25.7 Å². The molecule has 0 radical (unpaired) electrons. The number of halogens is 1. The van der Waals surface area contributed by atoms with Crippen LogP contribution in [0.4, 0.5) is 0 Å². The van der Waals surface area contributed by atoms with E-state index in [9.17, 15) is 4.79 Å². The molecular formula is C11H19BrN2O2Si. The molecule has 0 aromatic carbocycles. The summed E-state index contributed by atoms with van der Waals surface area (Å²) in [6.45, 7) is 9.52. The fraction of sp³-hybridized carbons (Fsp3) is 0.636. The maximum absolute atomic E-state index is 11.4. The molecule has 0 fully saturated rings. The maximum Gasteiger partial charge on any atom is 0.179 e. The molecule has 0 bridgehead atoms. The molecule has 0 unspecified atom stereocenters. The van der Waals surface area contributed by atoms with Gasteiger partial charge in [0.25, 0.3) is 0 Å². The first-order valence-electron chi connectivity index (χ1n) is 5.61. The normalized spacial score (nSPS) is 11.8. The minimum atomic E-state index is -1.06. The van der Waals surface area contributed by atoms with Crippen LogP contribution in [0.3, 0.4) is 0 Å². The molecule has 0 aliphatic heterocycles. The Morgan fingerprint density at radius 1 is 1.53 bits per heavy atom. The Morgan fingerprint density at radius 3 is 2.71 bits per heavy atom. The molecule has 4 nitrogen and oxygen atoms in total. The zero-order chi connectivity index (χ0) is 13.1. The number of hydrogen-bond donors (Lipinski definition) is 0. The van der Waals surface area contributed by atoms with E-state index in [4.69, 9.17) is 4.74 Å². The fourth-order valence-corrected chi connectivity index (χ4v) is 2.67. The van der Waals surface area contributed by atoms with Crippen molar-refractivity contribution < 1.29 is 9.53 Å². The van der Waals surface area contributed by atoms with E-state index in [1.807, 2.05) is 0 Å². The van der Waals surface area contributed by atoms with Crippen molar-refractivity contribution in [3.8, 4) is 0 Å². The van der Waals surface area contributed by atoms with Crippen molar-refractivity contribution in [2.45, 2.75) is 39.3 Å². The molecule has 0 N–H and O–H groups in total. The van der Waals surface area contributed by atoms with Gasteiger partial charge in [-0.1, -0.05) is 19.6 Å². The zero-order valence-electron chi connectivity index (χ0n) is 10.8. The highest BCUT2D eigenvalue weighted by Crippen LogP contribution is 2.16. The molecule has 6 heteroatoms. The maximum atomic E-state index is 11.4. The lowest BCUT2D eigenvalue weighted by Crippen LogP contribution is -2.22. The van der Waals surface area contributed by atoms with Crippen LogP contribution in [-0.4, -0.2) is 30.2 Å². The molecule has 0 saturated carbocycles. The van der Waals surface area contributed by atoms with Gasteiger partial charge >= 0.3 is 0 Å². The van der Waals surface area contributed by atoms with Gasteiger partial charge in [-0.2, -0.15) is 5.10 Å². The van der Waals surface area contributed by atoms with Crippen molar-refractivity contribution in [3.05, 3.63) is 16.4 Å². The lowest BCUT2D eigenvalue weighted by Gasteiger charge is -2.15. The van der Waals surface area contributed by atoms with E-state index in [-0.39, 0.29) is 5.78 Å². The van der Waals surface area contributed by atoms with E-state index in [1.54, 1.807) is 10.9 Å². The molecule has 96 valence electrons. The van der Waals surface area contributed by atoms with Crippen molar-refractivity contribution in [1.82, 2.24) is 9.78 Å². The van der Waals surface area contributed by atoms with Gasteiger partial charge in [0.1, 0.15) is 12.4 Å². The third-order valence-electron chi connectivity index (χ3n) is 2.34. The van der Waals surface area contributed by atoms with E-state index in [0.29, 0.717) is 12.4 Å². The summed E-state index contributed by atoms with van der Waals surface area (Å²) >= 11 is 3.31. The second kappa shape index (κ2) is 5.93. The standard InChI is InChI=1S/C11H19BrN2O2Si/c1-9(15)11-10(12)7-13-14(11)8-16-5-6-17(2,3)4/h7H,5-6,8H2,1-4H3. The Hall–Kier alpha value is -0.463. The van der Waals surface area contributed by atoms with Crippen molar-refractivity contribution in [2.24, 2.45) is 0 Å². The number of Topliss-reactive ketones (excluding diaryl/α,β-unsaturated/α-hetero) is 1. The Balaban J connectivity index is 2.50. The first-order valence-corrected chi connectivity index (χ1v) is 10.1. The molecule has 0 amide bonds. The van der Waals surface area contributed by atoms with Crippen LogP contribution in [0, 0.1) is 0 Å². The lowest BCUT2D eigenvalue weighted by molar-refractivity contribution is 0.0734. The van der Waals surface area contributed by atoms with E-state index < -0.39 is 8.07 Å². The van der Waals surface area contributed by atoms with Gasteiger partial charge in [0.15, 0.2) is 5.78 Å². The minimum Gasteiger partial charge on any atom is -0.360 e. The fourth-order valence-electron chi connectivity index (χ4n) is 1.34. The first kappa shape index (κ1) is 14.6. The predicted molar refractivity (Wildman–Crippen MR) is 74.0 cm³/mol. The van der Waals surface area contributed by atoms with Crippen LogP contribution < -0.4 is 0 Å². The number of rotatable bonds is 6. The Bertz CT molecular complexity index is 399. The van der Waals surface area contributed by atoms with Crippen LogP contribution in [0.25, 0.3) is 0 Å². The summed E-state index contributed by atoms with van der Waals surface area (Å²) in [5.41, 5.74) is 0.568. The van der Waals surface area contributed by atoms with E-state index in [2.05, 4.69) is 40.7 Å². The molecule has 0 atom stereocenters. The monoisotopic (exact) mass is 318 g/mol. The number of ether oxygens (including phenoxy) is 1. The highest BCUT2D eigenvalue weighted by molar-refractivity contribution is 9.10. The zero-order valence-corrected chi connectivity index (χ0v) is 13.4. The smallest absolute Gasteiger partial charge is 0.179 e.